The van der Waals surface area contributed by atoms with Gasteiger partial charge in [0, 0.05) is 11.3 Å². The Kier molecular flexibility index (Phi) is 8.06. The largest absolute Gasteiger partial charge is 0.462 e. The third-order valence-corrected chi connectivity index (χ3v) is 5.31. The number of rotatable bonds is 9. The lowest BCUT2D eigenvalue weighted by Crippen LogP contribution is -2.19. The highest BCUT2D eigenvalue weighted by Gasteiger charge is 2.08. The second kappa shape index (κ2) is 11.2. The Morgan fingerprint density at radius 1 is 1.06 bits per heavy atom. The average molecular weight is 437 g/mol. The lowest BCUT2D eigenvalue weighted by molar-refractivity contribution is -0.118. The van der Waals surface area contributed by atoms with Crippen LogP contribution < -0.4 is 5.43 Å². The number of hydrazone groups is 1. The van der Waals surface area contributed by atoms with Gasteiger partial charge in [-0.1, -0.05) is 42.0 Å². The van der Waals surface area contributed by atoms with Gasteiger partial charge in [-0.25, -0.2) is 10.2 Å². The lowest BCUT2D eigenvalue weighted by atomic mass is 10.1. The van der Waals surface area contributed by atoms with E-state index in [0.29, 0.717) is 29.4 Å². The SMILES string of the molecule is CCOC(=O)c1ccc(-c2ccc(C=NNC(=O)CSCc3ccc(C)cc3)o2)cc1. The van der Waals surface area contributed by atoms with Gasteiger partial charge >= 0.3 is 5.97 Å². The molecule has 0 spiro atoms. The van der Waals surface area contributed by atoms with Gasteiger partial charge in [-0.05, 0) is 43.7 Å². The van der Waals surface area contributed by atoms with Gasteiger partial charge in [0.1, 0.15) is 11.5 Å². The normalized spacial score (nSPS) is 10.9. The zero-order chi connectivity index (χ0) is 22.1. The van der Waals surface area contributed by atoms with E-state index in [-0.39, 0.29) is 11.9 Å². The maximum absolute atomic E-state index is 11.9. The molecule has 31 heavy (non-hydrogen) atoms. The van der Waals surface area contributed by atoms with Crippen molar-refractivity contribution in [2.45, 2.75) is 19.6 Å². The maximum Gasteiger partial charge on any atom is 0.338 e. The molecule has 1 amide bonds. The summed E-state index contributed by atoms with van der Waals surface area (Å²) in [6.45, 7) is 4.15. The van der Waals surface area contributed by atoms with Gasteiger partial charge in [-0.2, -0.15) is 5.10 Å². The van der Waals surface area contributed by atoms with Crippen molar-refractivity contribution < 1.29 is 18.7 Å². The molecular weight excluding hydrogens is 412 g/mol. The summed E-state index contributed by atoms with van der Waals surface area (Å²) in [5, 5.41) is 3.95. The van der Waals surface area contributed by atoms with E-state index in [4.69, 9.17) is 9.15 Å². The summed E-state index contributed by atoms with van der Waals surface area (Å²) in [5.74, 6) is 1.72. The number of ether oxygens (including phenoxy) is 1. The van der Waals surface area contributed by atoms with Crippen LogP contribution in [-0.4, -0.2) is 30.5 Å². The average Bonchev–Trinajstić information content (AvgIpc) is 3.24. The monoisotopic (exact) mass is 436 g/mol. The van der Waals surface area contributed by atoms with Crippen LogP contribution in [0.5, 0.6) is 0 Å². The van der Waals surface area contributed by atoms with Crippen LogP contribution in [0.3, 0.4) is 0 Å². The van der Waals surface area contributed by atoms with E-state index in [1.165, 1.54) is 29.1 Å². The molecule has 0 aliphatic heterocycles. The number of benzene rings is 2. The first kappa shape index (κ1) is 22.4. The van der Waals surface area contributed by atoms with Crippen LogP contribution in [0.1, 0.15) is 34.2 Å². The number of nitrogens with one attached hydrogen (secondary N) is 1. The van der Waals surface area contributed by atoms with Crippen LogP contribution in [0, 0.1) is 6.92 Å². The van der Waals surface area contributed by atoms with E-state index in [2.05, 4.69) is 34.8 Å². The lowest BCUT2D eigenvalue weighted by Gasteiger charge is -2.02. The van der Waals surface area contributed by atoms with Gasteiger partial charge in [0.05, 0.1) is 24.1 Å². The van der Waals surface area contributed by atoms with Crippen LogP contribution in [0.2, 0.25) is 0 Å². The van der Waals surface area contributed by atoms with Gasteiger partial charge in [0.2, 0.25) is 5.91 Å². The number of esters is 1. The molecule has 0 saturated heterocycles. The summed E-state index contributed by atoms with van der Waals surface area (Å²) in [4.78, 5) is 23.6. The van der Waals surface area contributed by atoms with Crippen molar-refractivity contribution in [1.82, 2.24) is 5.43 Å². The molecule has 7 heteroatoms. The molecule has 0 fully saturated rings. The molecule has 0 saturated carbocycles. The minimum atomic E-state index is -0.353. The molecule has 1 heterocycles. The number of carbonyl (C=O) groups excluding carboxylic acids is 2. The van der Waals surface area contributed by atoms with Crippen molar-refractivity contribution in [1.29, 1.82) is 0 Å². The molecule has 1 aromatic heterocycles. The van der Waals surface area contributed by atoms with E-state index in [1.54, 1.807) is 43.3 Å². The number of hydrogen-bond acceptors (Lipinski definition) is 6. The minimum Gasteiger partial charge on any atom is -0.462 e. The highest BCUT2D eigenvalue weighted by atomic mass is 32.2. The molecular formula is C24H24N2O4S. The molecule has 160 valence electrons. The third kappa shape index (κ3) is 6.86. The summed E-state index contributed by atoms with van der Waals surface area (Å²) >= 11 is 1.53. The van der Waals surface area contributed by atoms with E-state index in [9.17, 15) is 9.59 Å². The van der Waals surface area contributed by atoms with Gasteiger partial charge in [-0.15, -0.1) is 11.8 Å². The third-order valence-electron chi connectivity index (χ3n) is 4.31. The Hall–Kier alpha value is -3.32. The second-order valence-corrected chi connectivity index (χ2v) is 7.76. The van der Waals surface area contributed by atoms with Crippen molar-refractivity contribution in [2.75, 3.05) is 12.4 Å². The summed E-state index contributed by atoms with van der Waals surface area (Å²) in [6, 6.07) is 18.8. The molecule has 3 rings (SSSR count). The zero-order valence-corrected chi connectivity index (χ0v) is 18.3. The van der Waals surface area contributed by atoms with Gasteiger partial charge < -0.3 is 9.15 Å². The molecule has 1 N–H and O–H groups in total. The van der Waals surface area contributed by atoms with Crippen LogP contribution >= 0.6 is 11.8 Å². The Balaban J connectivity index is 1.46. The minimum absolute atomic E-state index is 0.172. The summed E-state index contributed by atoms with van der Waals surface area (Å²) in [7, 11) is 0. The smallest absolute Gasteiger partial charge is 0.338 e. The Bertz CT molecular complexity index is 1040. The maximum atomic E-state index is 11.9. The molecule has 6 nitrogen and oxygen atoms in total. The van der Waals surface area contributed by atoms with Gasteiger partial charge in [0.25, 0.3) is 0 Å². The quantitative estimate of drug-likeness (QED) is 0.296. The number of aryl methyl sites for hydroxylation is 1. The fourth-order valence-corrected chi connectivity index (χ4v) is 3.49. The van der Waals surface area contributed by atoms with E-state index in [1.807, 2.05) is 6.92 Å². The molecule has 0 aliphatic carbocycles. The number of furan rings is 1. The van der Waals surface area contributed by atoms with Crippen molar-refractivity contribution in [3.05, 3.63) is 83.1 Å². The van der Waals surface area contributed by atoms with Crippen LogP contribution in [0.15, 0.2) is 70.2 Å². The molecule has 2 aromatic carbocycles. The molecule has 0 radical (unpaired) electrons. The Morgan fingerprint density at radius 3 is 2.52 bits per heavy atom. The Labute approximate surface area is 185 Å². The van der Waals surface area contributed by atoms with Crippen molar-refractivity contribution in [2.24, 2.45) is 5.10 Å². The molecule has 0 bridgehead atoms. The number of thioether (sulfide) groups is 1. The number of amides is 1. The Morgan fingerprint density at radius 2 is 1.81 bits per heavy atom. The first-order valence-electron chi connectivity index (χ1n) is 9.87. The van der Waals surface area contributed by atoms with E-state index < -0.39 is 0 Å². The molecule has 0 aliphatic rings. The molecule has 0 atom stereocenters. The van der Waals surface area contributed by atoms with Crippen LogP contribution in [0.4, 0.5) is 0 Å². The first-order valence-corrected chi connectivity index (χ1v) is 11.0. The van der Waals surface area contributed by atoms with Crippen molar-refractivity contribution in [3.63, 3.8) is 0 Å². The van der Waals surface area contributed by atoms with Crippen molar-refractivity contribution >= 4 is 29.9 Å². The number of hydrogen-bond donors (Lipinski definition) is 1. The number of nitrogens with zero attached hydrogens (tertiary/aromatic N) is 1. The van der Waals surface area contributed by atoms with Gasteiger partial charge in [-0.3, -0.25) is 4.79 Å². The van der Waals surface area contributed by atoms with Gasteiger partial charge in [0.15, 0.2) is 0 Å². The number of carbonyl (C=O) groups is 2. The molecule has 3 aromatic rings. The predicted octanol–water partition coefficient (Wildman–Crippen LogP) is 4.82. The standard InChI is InChI=1S/C24H24N2O4S/c1-3-29-24(28)20-10-8-19(9-11-20)22-13-12-21(30-22)14-25-26-23(27)16-31-15-18-6-4-17(2)5-7-18/h4-14H,3,15-16H2,1-2H3,(H,26,27). The summed E-state index contributed by atoms with van der Waals surface area (Å²) in [5.41, 5.74) is 6.22. The topological polar surface area (TPSA) is 80.9 Å². The highest BCUT2D eigenvalue weighted by Crippen LogP contribution is 2.22. The van der Waals surface area contributed by atoms with E-state index in [0.717, 1.165) is 11.3 Å². The van der Waals surface area contributed by atoms with Crippen LogP contribution in [-0.2, 0) is 15.3 Å². The predicted molar refractivity (Wildman–Crippen MR) is 123 cm³/mol. The fourth-order valence-electron chi connectivity index (χ4n) is 2.71. The van der Waals surface area contributed by atoms with E-state index >= 15 is 0 Å². The zero-order valence-electron chi connectivity index (χ0n) is 17.5. The summed E-state index contributed by atoms with van der Waals surface area (Å²) in [6.07, 6.45) is 1.46. The highest BCUT2D eigenvalue weighted by molar-refractivity contribution is 7.99. The summed E-state index contributed by atoms with van der Waals surface area (Å²) < 4.78 is 10.7. The molecule has 0 unspecified atom stereocenters. The first-order chi connectivity index (χ1) is 15.0. The van der Waals surface area contributed by atoms with Crippen LogP contribution in [0.25, 0.3) is 11.3 Å². The van der Waals surface area contributed by atoms with Crippen molar-refractivity contribution in [3.8, 4) is 11.3 Å². The fraction of sp³-hybridized carbons (Fsp3) is 0.208. The second-order valence-electron chi connectivity index (χ2n) is 6.77.